The number of benzene rings is 1. The van der Waals surface area contributed by atoms with Crippen LogP contribution in [0, 0.1) is 5.41 Å². The maximum absolute atomic E-state index is 12.5. The first-order valence-electron chi connectivity index (χ1n) is 7.34. The van der Waals surface area contributed by atoms with E-state index in [0.717, 1.165) is 28.6 Å². The zero-order valence-electron chi connectivity index (χ0n) is 12.0. The van der Waals surface area contributed by atoms with Crippen LogP contribution in [-0.2, 0) is 17.9 Å². The Bertz CT molecular complexity index is 805. The molecule has 3 aromatic rings. The van der Waals surface area contributed by atoms with Crippen molar-refractivity contribution in [3.63, 3.8) is 0 Å². The van der Waals surface area contributed by atoms with Gasteiger partial charge in [0, 0.05) is 18.9 Å². The van der Waals surface area contributed by atoms with E-state index >= 15 is 0 Å². The average molecular weight is 312 g/mol. The minimum atomic E-state index is -0.270. The molecule has 0 unspecified atom stereocenters. The Morgan fingerprint density at radius 2 is 2.27 bits per heavy atom. The van der Waals surface area contributed by atoms with Gasteiger partial charge in [0.25, 0.3) is 0 Å². The first kappa shape index (κ1) is 13.5. The molecule has 1 fully saturated rings. The summed E-state index contributed by atoms with van der Waals surface area (Å²) in [6.07, 6.45) is 5.52. The summed E-state index contributed by atoms with van der Waals surface area (Å²) in [5.74, 6) is 0.129. The van der Waals surface area contributed by atoms with Crippen LogP contribution < -0.4 is 5.32 Å². The van der Waals surface area contributed by atoms with Crippen LogP contribution >= 0.6 is 11.3 Å². The van der Waals surface area contributed by atoms with E-state index in [1.165, 1.54) is 0 Å². The number of fused-ring (bicyclic) bond motifs is 1. The zero-order valence-corrected chi connectivity index (χ0v) is 12.8. The highest BCUT2D eigenvalue weighted by Crippen LogP contribution is 2.47. The summed E-state index contributed by atoms with van der Waals surface area (Å²) in [6, 6.07) is 7.92. The molecule has 5 nitrogen and oxygen atoms in total. The standard InChI is InChI=1S/C16H16N4OS/c21-15(16(5-6-16)10-20-8-2-7-19-20)17-9-12-3-1-4-13-14(12)22-11-18-13/h1-4,7-8,11H,5-6,9-10H2,(H,17,21). The van der Waals surface area contributed by atoms with E-state index < -0.39 is 0 Å². The molecule has 0 radical (unpaired) electrons. The third kappa shape index (κ3) is 2.39. The molecule has 1 aliphatic carbocycles. The number of amides is 1. The highest BCUT2D eigenvalue weighted by Gasteiger charge is 2.50. The van der Waals surface area contributed by atoms with Crippen LogP contribution in [-0.4, -0.2) is 20.7 Å². The molecule has 1 aromatic carbocycles. The molecule has 112 valence electrons. The van der Waals surface area contributed by atoms with E-state index in [1.54, 1.807) is 17.5 Å². The number of carbonyl (C=O) groups is 1. The summed E-state index contributed by atoms with van der Waals surface area (Å²) in [4.78, 5) is 16.8. The second kappa shape index (κ2) is 5.21. The summed E-state index contributed by atoms with van der Waals surface area (Å²) in [7, 11) is 0. The third-order valence-corrected chi connectivity index (χ3v) is 5.15. The van der Waals surface area contributed by atoms with E-state index in [-0.39, 0.29) is 11.3 Å². The van der Waals surface area contributed by atoms with Crippen molar-refractivity contribution in [3.05, 3.63) is 47.7 Å². The molecule has 0 spiro atoms. The number of aromatic nitrogens is 3. The molecule has 4 rings (SSSR count). The molecular weight excluding hydrogens is 296 g/mol. The van der Waals surface area contributed by atoms with Crippen LogP contribution in [0.15, 0.2) is 42.2 Å². The monoisotopic (exact) mass is 312 g/mol. The lowest BCUT2D eigenvalue weighted by Crippen LogP contribution is -2.34. The van der Waals surface area contributed by atoms with E-state index in [2.05, 4.69) is 15.4 Å². The van der Waals surface area contributed by atoms with Gasteiger partial charge in [-0.05, 0) is 30.5 Å². The third-order valence-electron chi connectivity index (χ3n) is 4.24. The molecule has 0 saturated heterocycles. The molecule has 0 bridgehead atoms. The van der Waals surface area contributed by atoms with Gasteiger partial charge in [-0.25, -0.2) is 4.98 Å². The Labute approximate surface area is 132 Å². The predicted octanol–water partition coefficient (Wildman–Crippen LogP) is 2.59. The molecule has 0 aliphatic heterocycles. The van der Waals surface area contributed by atoms with Crippen molar-refractivity contribution < 1.29 is 4.79 Å². The summed E-state index contributed by atoms with van der Waals surface area (Å²) < 4.78 is 3.00. The fraction of sp³-hybridized carbons (Fsp3) is 0.312. The largest absolute Gasteiger partial charge is 0.351 e. The average Bonchev–Trinajstić information content (AvgIpc) is 2.93. The number of hydrogen-bond acceptors (Lipinski definition) is 4. The van der Waals surface area contributed by atoms with Gasteiger partial charge in [-0.1, -0.05) is 12.1 Å². The Morgan fingerprint density at radius 3 is 3.05 bits per heavy atom. The summed E-state index contributed by atoms with van der Waals surface area (Å²) in [6.45, 7) is 1.22. The number of hydrogen-bond donors (Lipinski definition) is 1. The molecule has 1 saturated carbocycles. The molecule has 1 amide bonds. The fourth-order valence-electron chi connectivity index (χ4n) is 2.76. The number of rotatable bonds is 5. The highest BCUT2D eigenvalue weighted by atomic mass is 32.1. The Morgan fingerprint density at radius 1 is 1.36 bits per heavy atom. The van der Waals surface area contributed by atoms with Crippen molar-refractivity contribution in [1.29, 1.82) is 0 Å². The number of nitrogens with zero attached hydrogens (tertiary/aromatic N) is 3. The maximum Gasteiger partial charge on any atom is 0.228 e. The molecule has 0 atom stereocenters. The van der Waals surface area contributed by atoms with Gasteiger partial charge < -0.3 is 5.32 Å². The molecular formula is C16H16N4OS. The smallest absolute Gasteiger partial charge is 0.228 e. The van der Waals surface area contributed by atoms with Crippen molar-refractivity contribution >= 4 is 27.5 Å². The van der Waals surface area contributed by atoms with Gasteiger partial charge in [-0.15, -0.1) is 11.3 Å². The van der Waals surface area contributed by atoms with Crippen molar-refractivity contribution in [2.24, 2.45) is 5.41 Å². The molecule has 22 heavy (non-hydrogen) atoms. The van der Waals surface area contributed by atoms with E-state index in [0.29, 0.717) is 13.1 Å². The van der Waals surface area contributed by atoms with Crippen LogP contribution in [0.1, 0.15) is 18.4 Å². The van der Waals surface area contributed by atoms with Crippen LogP contribution in [0.3, 0.4) is 0 Å². The second-order valence-electron chi connectivity index (χ2n) is 5.78. The zero-order chi connectivity index (χ0) is 15.0. The van der Waals surface area contributed by atoms with Gasteiger partial charge in [0.15, 0.2) is 0 Å². The lowest BCUT2D eigenvalue weighted by Gasteiger charge is -2.15. The molecule has 2 aromatic heterocycles. The minimum absolute atomic E-state index is 0.129. The van der Waals surface area contributed by atoms with Gasteiger partial charge >= 0.3 is 0 Å². The van der Waals surface area contributed by atoms with E-state index in [4.69, 9.17) is 0 Å². The fourth-order valence-corrected chi connectivity index (χ4v) is 3.56. The van der Waals surface area contributed by atoms with Crippen molar-refractivity contribution in [1.82, 2.24) is 20.1 Å². The number of nitrogens with one attached hydrogen (secondary N) is 1. The number of carbonyl (C=O) groups excluding carboxylic acids is 1. The Kier molecular flexibility index (Phi) is 3.18. The lowest BCUT2D eigenvalue weighted by atomic mass is 10.1. The van der Waals surface area contributed by atoms with Crippen molar-refractivity contribution in [2.45, 2.75) is 25.9 Å². The quantitative estimate of drug-likeness (QED) is 0.788. The minimum Gasteiger partial charge on any atom is -0.351 e. The first-order valence-corrected chi connectivity index (χ1v) is 8.22. The molecule has 6 heteroatoms. The predicted molar refractivity (Wildman–Crippen MR) is 85.4 cm³/mol. The van der Waals surface area contributed by atoms with E-state index in [1.807, 2.05) is 40.7 Å². The van der Waals surface area contributed by atoms with Gasteiger partial charge in [0.05, 0.1) is 27.7 Å². The summed E-state index contributed by atoms with van der Waals surface area (Å²) in [5, 5.41) is 7.30. The van der Waals surface area contributed by atoms with Crippen LogP contribution in [0.4, 0.5) is 0 Å². The van der Waals surface area contributed by atoms with Crippen molar-refractivity contribution in [3.8, 4) is 0 Å². The van der Waals surface area contributed by atoms with Crippen LogP contribution in [0.25, 0.3) is 10.2 Å². The topological polar surface area (TPSA) is 59.8 Å². The van der Waals surface area contributed by atoms with Crippen molar-refractivity contribution in [2.75, 3.05) is 0 Å². The lowest BCUT2D eigenvalue weighted by molar-refractivity contribution is -0.127. The maximum atomic E-state index is 12.5. The molecule has 2 heterocycles. The van der Waals surface area contributed by atoms with Gasteiger partial charge in [-0.3, -0.25) is 9.48 Å². The Hall–Kier alpha value is -2.21. The molecule has 1 N–H and O–H groups in total. The summed E-state index contributed by atoms with van der Waals surface area (Å²) >= 11 is 1.62. The Balaban J connectivity index is 1.45. The number of thiazole rings is 1. The van der Waals surface area contributed by atoms with Gasteiger partial charge in [0.2, 0.25) is 5.91 Å². The van der Waals surface area contributed by atoms with E-state index in [9.17, 15) is 4.79 Å². The second-order valence-corrected chi connectivity index (χ2v) is 6.64. The SMILES string of the molecule is O=C(NCc1cccc2ncsc12)C1(Cn2cccn2)CC1. The van der Waals surface area contributed by atoms with Crippen LogP contribution in [0.2, 0.25) is 0 Å². The summed E-state index contributed by atoms with van der Waals surface area (Å²) in [5.41, 5.74) is 3.70. The van der Waals surface area contributed by atoms with Crippen LogP contribution in [0.5, 0.6) is 0 Å². The highest BCUT2D eigenvalue weighted by molar-refractivity contribution is 7.16. The van der Waals surface area contributed by atoms with Gasteiger partial charge in [0.1, 0.15) is 0 Å². The first-order chi connectivity index (χ1) is 10.8. The molecule has 1 aliphatic rings. The van der Waals surface area contributed by atoms with Gasteiger partial charge in [-0.2, -0.15) is 5.10 Å². The normalized spacial score (nSPS) is 15.8.